The third-order valence-electron chi connectivity index (χ3n) is 2.42. The zero-order valence-electron chi connectivity index (χ0n) is 9.69. The van der Waals surface area contributed by atoms with Gasteiger partial charge in [-0.3, -0.25) is 4.98 Å². The van der Waals surface area contributed by atoms with Crippen LogP contribution in [0.5, 0.6) is 5.75 Å². The van der Waals surface area contributed by atoms with Gasteiger partial charge in [0.1, 0.15) is 5.75 Å². The molecule has 3 nitrogen and oxygen atoms in total. The van der Waals surface area contributed by atoms with Gasteiger partial charge in [-0.1, -0.05) is 12.1 Å². The van der Waals surface area contributed by atoms with E-state index in [1.807, 2.05) is 38.1 Å². The first-order valence-corrected chi connectivity index (χ1v) is 5.15. The van der Waals surface area contributed by atoms with E-state index in [4.69, 9.17) is 4.74 Å². The molecule has 2 rings (SSSR count). The van der Waals surface area contributed by atoms with Gasteiger partial charge in [-0.2, -0.15) is 0 Å². The number of benzene rings is 1. The number of rotatable bonds is 2. The van der Waals surface area contributed by atoms with Crippen molar-refractivity contribution in [2.24, 2.45) is 0 Å². The van der Waals surface area contributed by atoms with Crippen LogP contribution >= 0.6 is 0 Å². The van der Waals surface area contributed by atoms with Crippen molar-refractivity contribution in [1.29, 1.82) is 0 Å². The van der Waals surface area contributed by atoms with E-state index in [0.29, 0.717) is 0 Å². The Morgan fingerprint density at radius 1 is 1.19 bits per heavy atom. The first-order chi connectivity index (χ1) is 7.70. The zero-order chi connectivity index (χ0) is 11.5. The number of ether oxygens (including phenoxy) is 1. The fourth-order valence-electron chi connectivity index (χ4n) is 1.58. The highest BCUT2D eigenvalue weighted by Gasteiger charge is 2.05. The Morgan fingerprint density at radius 3 is 2.75 bits per heavy atom. The van der Waals surface area contributed by atoms with Gasteiger partial charge in [0.05, 0.1) is 24.2 Å². The Balaban J connectivity index is 2.53. The summed E-state index contributed by atoms with van der Waals surface area (Å²) >= 11 is 0. The maximum atomic E-state index is 5.20. The lowest BCUT2D eigenvalue weighted by Gasteiger charge is -2.07. The Morgan fingerprint density at radius 2 is 2.00 bits per heavy atom. The van der Waals surface area contributed by atoms with Gasteiger partial charge < -0.3 is 4.74 Å². The molecular weight excluding hydrogens is 200 g/mol. The average Bonchev–Trinajstić information content (AvgIpc) is 2.32. The maximum absolute atomic E-state index is 5.20. The average molecular weight is 214 g/mol. The molecule has 1 aromatic carbocycles. The SMILES string of the molecule is COc1cccc(-c2nc(C)cnc2C)c1. The number of methoxy groups -OCH3 is 1. The van der Waals surface area contributed by atoms with Gasteiger partial charge in [0.2, 0.25) is 0 Å². The molecule has 0 saturated carbocycles. The summed E-state index contributed by atoms with van der Waals surface area (Å²) in [5.41, 5.74) is 3.80. The number of hydrogen-bond donors (Lipinski definition) is 0. The molecule has 0 radical (unpaired) electrons. The second-order valence-electron chi connectivity index (χ2n) is 3.68. The van der Waals surface area contributed by atoms with Crippen molar-refractivity contribution in [3.63, 3.8) is 0 Å². The van der Waals surface area contributed by atoms with Crippen molar-refractivity contribution in [1.82, 2.24) is 9.97 Å². The van der Waals surface area contributed by atoms with Crippen LogP contribution in [0.1, 0.15) is 11.4 Å². The van der Waals surface area contributed by atoms with Crippen LogP contribution in [-0.4, -0.2) is 17.1 Å². The van der Waals surface area contributed by atoms with E-state index >= 15 is 0 Å². The van der Waals surface area contributed by atoms with Crippen LogP contribution in [0.4, 0.5) is 0 Å². The number of aryl methyl sites for hydroxylation is 2. The van der Waals surface area contributed by atoms with E-state index in [1.165, 1.54) is 0 Å². The van der Waals surface area contributed by atoms with Gasteiger partial charge in [0, 0.05) is 11.8 Å². The highest BCUT2D eigenvalue weighted by atomic mass is 16.5. The molecule has 0 fully saturated rings. The smallest absolute Gasteiger partial charge is 0.119 e. The van der Waals surface area contributed by atoms with Gasteiger partial charge in [-0.15, -0.1) is 0 Å². The molecule has 0 aliphatic rings. The van der Waals surface area contributed by atoms with Crippen molar-refractivity contribution in [3.05, 3.63) is 41.9 Å². The van der Waals surface area contributed by atoms with E-state index in [9.17, 15) is 0 Å². The lowest BCUT2D eigenvalue weighted by molar-refractivity contribution is 0.415. The molecule has 0 aliphatic carbocycles. The molecule has 0 saturated heterocycles. The standard InChI is InChI=1S/C13H14N2O/c1-9-8-14-10(2)13(15-9)11-5-4-6-12(7-11)16-3/h4-8H,1-3H3. The highest BCUT2D eigenvalue weighted by Crippen LogP contribution is 2.23. The molecular formula is C13H14N2O. The fraction of sp³-hybridized carbons (Fsp3) is 0.231. The summed E-state index contributed by atoms with van der Waals surface area (Å²) in [4.78, 5) is 8.81. The molecule has 82 valence electrons. The number of aromatic nitrogens is 2. The molecule has 1 aromatic heterocycles. The predicted molar refractivity (Wildman–Crippen MR) is 63.5 cm³/mol. The van der Waals surface area contributed by atoms with Crippen molar-refractivity contribution >= 4 is 0 Å². The summed E-state index contributed by atoms with van der Waals surface area (Å²) in [5.74, 6) is 0.834. The summed E-state index contributed by atoms with van der Waals surface area (Å²) in [6.45, 7) is 3.90. The molecule has 16 heavy (non-hydrogen) atoms. The van der Waals surface area contributed by atoms with E-state index in [1.54, 1.807) is 13.3 Å². The molecule has 2 aromatic rings. The summed E-state index contributed by atoms with van der Waals surface area (Å²) in [5, 5.41) is 0. The molecule has 0 bridgehead atoms. The Labute approximate surface area is 95.1 Å². The number of hydrogen-bond acceptors (Lipinski definition) is 3. The summed E-state index contributed by atoms with van der Waals surface area (Å²) in [7, 11) is 1.66. The molecule has 0 aliphatic heterocycles. The van der Waals surface area contributed by atoms with Crippen LogP contribution < -0.4 is 4.74 Å². The molecule has 0 unspecified atom stereocenters. The second kappa shape index (κ2) is 4.31. The molecule has 0 N–H and O–H groups in total. The quantitative estimate of drug-likeness (QED) is 0.771. The van der Waals surface area contributed by atoms with Gasteiger partial charge >= 0.3 is 0 Å². The van der Waals surface area contributed by atoms with E-state index in [2.05, 4.69) is 9.97 Å². The summed E-state index contributed by atoms with van der Waals surface area (Å²) in [6.07, 6.45) is 1.78. The predicted octanol–water partition coefficient (Wildman–Crippen LogP) is 2.77. The largest absolute Gasteiger partial charge is 0.497 e. The van der Waals surface area contributed by atoms with Gasteiger partial charge in [0.15, 0.2) is 0 Å². The monoisotopic (exact) mass is 214 g/mol. The molecule has 1 heterocycles. The minimum Gasteiger partial charge on any atom is -0.497 e. The van der Waals surface area contributed by atoms with Crippen LogP contribution in [0, 0.1) is 13.8 Å². The topological polar surface area (TPSA) is 35.0 Å². The third kappa shape index (κ3) is 2.03. The second-order valence-corrected chi connectivity index (χ2v) is 3.68. The van der Waals surface area contributed by atoms with Crippen molar-refractivity contribution in [2.45, 2.75) is 13.8 Å². The van der Waals surface area contributed by atoms with Crippen molar-refractivity contribution in [2.75, 3.05) is 7.11 Å². The van der Waals surface area contributed by atoms with E-state index in [-0.39, 0.29) is 0 Å². The van der Waals surface area contributed by atoms with Gasteiger partial charge in [-0.05, 0) is 26.0 Å². The molecule has 0 amide bonds. The third-order valence-corrected chi connectivity index (χ3v) is 2.42. The lowest BCUT2D eigenvalue weighted by Crippen LogP contribution is -1.94. The zero-order valence-corrected chi connectivity index (χ0v) is 9.69. The Bertz CT molecular complexity index is 509. The molecule has 0 atom stereocenters. The van der Waals surface area contributed by atoms with E-state index < -0.39 is 0 Å². The van der Waals surface area contributed by atoms with Crippen LogP contribution in [0.2, 0.25) is 0 Å². The fourth-order valence-corrected chi connectivity index (χ4v) is 1.58. The van der Waals surface area contributed by atoms with Crippen LogP contribution in [-0.2, 0) is 0 Å². The summed E-state index contributed by atoms with van der Waals surface area (Å²) < 4.78 is 5.20. The normalized spacial score (nSPS) is 10.2. The van der Waals surface area contributed by atoms with Crippen LogP contribution in [0.3, 0.4) is 0 Å². The number of nitrogens with zero attached hydrogens (tertiary/aromatic N) is 2. The van der Waals surface area contributed by atoms with Crippen LogP contribution in [0.15, 0.2) is 30.5 Å². The summed E-state index contributed by atoms with van der Waals surface area (Å²) in [6, 6.07) is 7.86. The first kappa shape index (κ1) is 10.6. The van der Waals surface area contributed by atoms with Crippen molar-refractivity contribution in [3.8, 4) is 17.0 Å². The van der Waals surface area contributed by atoms with Gasteiger partial charge in [0.25, 0.3) is 0 Å². The molecule has 3 heteroatoms. The van der Waals surface area contributed by atoms with Gasteiger partial charge in [-0.25, -0.2) is 4.98 Å². The lowest BCUT2D eigenvalue weighted by atomic mass is 10.1. The minimum atomic E-state index is 0.834. The Hall–Kier alpha value is -1.90. The first-order valence-electron chi connectivity index (χ1n) is 5.15. The maximum Gasteiger partial charge on any atom is 0.119 e. The molecule has 0 spiro atoms. The minimum absolute atomic E-state index is 0.834. The van der Waals surface area contributed by atoms with E-state index in [0.717, 1.165) is 28.4 Å². The van der Waals surface area contributed by atoms with Crippen molar-refractivity contribution < 1.29 is 4.74 Å². The Kier molecular flexibility index (Phi) is 2.86. The highest BCUT2D eigenvalue weighted by molar-refractivity contribution is 5.63. The van der Waals surface area contributed by atoms with Crippen LogP contribution in [0.25, 0.3) is 11.3 Å².